The Morgan fingerprint density at radius 1 is 1.57 bits per heavy atom. The highest BCUT2D eigenvalue weighted by molar-refractivity contribution is 6.09. The number of rotatable bonds is 1. The van der Waals surface area contributed by atoms with E-state index in [0.29, 0.717) is 6.32 Å². The van der Waals surface area contributed by atoms with Crippen molar-refractivity contribution >= 4 is 13.9 Å². The molecule has 1 aliphatic rings. The molecular weight excluding hydrogens is 177 g/mol. The van der Waals surface area contributed by atoms with Crippen molar-refractivity contribution in [2.24, 2.45) is 0 Å². The first kappa shape index (κ1) is 11.4. The standard InChI is InChI=1S/C10H18BNO2/c1-10(2,3)14-9(13)12-6-4-5-8(12)7-11/h8H,4-7H2,1-3H3/t8-/m0/s1. The monoisotopic (exact) mass is 195 g/mol. The van der Waals surface area contributed by atoms with Gasteiger partial charge in [-0.15, -0.1) is 0 Å². The number of nitrogens with zero attached hydrogens (tertiary/aromatic N) is 1. The third-order valence-electron chi connectivity index (χ3n) is 2.28. The maximum Gasteiger partial charge on any atom is 0.410 e. The molecule has 4 heteroatoms. The molecule has 0 aromatic rings. The molecule has 0 aromatic carbocycles. The third kappa shape index (κ3) is 2.93. The molecule has 0 N–H and O–H groups in total. The summed E-state index contributed by atoms with van der Waals surface area (Å²) in [5.74, 6) is 0. The summed E-state index contributed by atoms with van der Waals surface area (Å²) in [6.07, 6.45) is 2.32. The van der Waals surface area contributed by atoms with Crippen LogP contribution in [0.25, 0.3) is 0 Å². The minimum Gasteiger partial charge on any atom is -0.444 e. The average Bonchev–Trinajstić information content (AvgIpc) is 2.47. The summed E-state index contributed by atoms with van der Waals surface area (Å²) in [5, 5.41) is 0. The second-order valence-corrected chi connectivity index (χ2v) is 4.71. The highest BCUT2D eigenvalue weighted by Gasteiger charge is 2.30. The van der Waals surface area contributed by atoms with Crippen LogP contribution < -0.4 is 0 Å². The van der Waals surface area contributed by atoms with Crippen LogP contribution in [0.15, 0.2) is 0 Å². The van der Waals surface area contributed by atoms with Crippen molar-refractivity contribution in [3.05, 3.63) is 0 Å². The maximum absolute atomic E-state index is 11.7. The van der Waals surface area contributed by atoms with Crippen LogP contribution in [0.3, 0.4) is 0 Å². The zero-order valence-corrected chi connectivity index (χ0v) is 9.25. The van der Waals surface area contributed by atoms with Gasteiger partial charge in [-0.05, 0) is 33.6 Å². The number of carbonyl (C=O) groups excluding carboxylic acids is 1. The predicted octanol–water partition coefficient (Wildman–Crippen LogP) is 1.97. The van der Waals surface area contributed by atoms with Gasteiger partial charge in [0, 0.05) is 12.6 Å². The van der Waals surface area contributed by atoms with Gasteiger partial charge in [0.2, 0.25) is 0 Å². The largest absolute Gasteiger partial charge is 0.444 e. The van der Waals surface area contributed by atoms with E-state index in [4.69, 9.17) is 12.6 Å². The molecule has 3 nitrogen and oxygen atoms in total. The fraction of sp³-hybridized carbons (Fsp3) is 0.900. The molecule has 1 fully saturated rings. The van der Waals surface area contributed by atoms with Crippen molar-refractivity contribution < 1.29 is 9.53 Å². The molecule has 0 spiro atoms. The molecule has 1 amide bonds. The summed E-state index contributed by atoms with van der Waals surface area (Å²) in [6, 6.07) is 0.171. The summed E-state index contributed by atoms with van der Waals surface area (Å²) in [5.41, 5.74) is -0.418. The predicted molar refractivity (Wildman–Crippen MR) is 56.5 cm³/mol. The van der Waals surface area contributed by atoms with E-state index in [1.807, 2.05) is 20.8 Å². The van der Waals surface area contributed by atoms with Gasteiger partial charge in [-0.3, -0.25) is 0 Å². The van der Waals surface area contributed by atoms with Gasteiger partial charge in [-0.1, -0.05) is 6.32 Å². The van der Waals surface area contributed by atoms with E-state index >= 15 is 0 Å². The average molecular weight is 195 g/mol. The number of ether oxygens (including phenoxy) is 1. The van der Waals surface area contributed by atoms with Gasteiger partial charge < -0.3 is 9.64 Å². The lowest BCUT2D eigenvalue weighted by Gasteiger charge is -2.28. The molecule has 2 radical (unpaired) electrons. The van der Waals surface area contributed by atoms with Crippen LogP contribution in [-0.2, 0) is 4.74 Å². The smallest absolute Gasteiger partial charge is 0.410 e. The summed E-state index contributed by atoms with van der Waals surface area (Å²) >= 11 is 0. The Morgan fingerprint density at radius 2 is 2.21 bits per heavy atom. The number of hydrogen-bond acceptors (Lipinski definition) is 2. The van der Waals surface area contributed by atoms with Gasteiger partial charge in [0.25, 0.3) is 0 Å². The van der Waals surface area contributed by atoms with Gasteiger partial charge in [-0.25, -0.2) is 4.79 Å². The highest BCUT2D eigenvalue weighted by Crippen LogP contribution is 2.22. The lowest BCUT2D eigenvalue weighted by Crippen LogP contribution is -2.39. The highest BCUT2D eigenvalue weighted by atomic mass is 16.6. The van der Waals surface area contributed by atoms with Gasteiger partial charge in [0.15, 0.2) is 0 Å². The van der Waals surface area contributed by atoms with Crippen LogP contribution >= 0.6 is 0 Å². The van der Waals surface area contributed by atoms with Crippen LogP contribution in [-0.4, -0.2) is 37.0 Å². The van der Waals surface area contributed by atoms with Crippen molar-refractivity contribution in [1.82, 2.24) is 4.90 Å². The second-order valence-electron chi connectivity index (χ2n) is 4.71. The van der Waals surface area contributed by atoms with E-state index in [1.165, 1.54) is 0 Å². The van der Waals surface area contributed by atoms with Gasteiger partial charge in [0.1, 0.15) is 5.60 Å². The molecule has 0 bridgehead atoms. The molecule has 1 rings (SSSR count). The van der Waals surface area contributed by atoms with Crippen molar-refractivity contribution in [1.29, 1.82) is 0 Å². The van der Waals surface area contributed by atoms with E-state index in [1.54, 1.807) is 4.90 Å². The topological polar surface area (TPSA) is 29.5 Å². The molecule has 0 aromatic heterocycles. The minimum absolute atomic E-state index is 0.171. The lowest BCUT2D eigenvalue weighted by molar-refractivity contribution is 0.0239. The van der Waals surface area contributed by atoms with Crippen LogP contribution in [0.1, 0.15) is 33.6 Å². The molecule has 1 aliphatic heterocycles. The second kappa shape index (κ2) is 4.24. The van der Waals surface area contributed by atoms with Crippen LogP contribution in [0.2, 0.25) is 6.32 Å². The quantitative estimate of drug-likeness (QED) is 0.598. The Bertz CT molecular complexity index is 213. The zero-order valence-electron chi connectivity index (χ0n) is 9.25. The maximum atomic E-state index is 11.7. The Hall–Kier alpha value is -0.665. The van der Waals surface area contributed by atoms with Crippen molar-refractivity contribution in [3.8, 4) is 0 Å². The van der Waals surface area contributed by atoms with E-state index in [0.717, 1.165) is 19.4 Å². The van der Waals surface area contributed by atoms with Gasteiger partial charge in [-0.2, -0.15) is 0 Å². The number of amides is 1. The third-order valence-corrected chi connectivity index (χ3v) is 2.28. The molecule has 14 heavy (non-hydrogen) atoms. The van der Waals surface area contributed by atoms with Crippen LogP contribution in [0.5, 0.6) is 0 Å². The van der Waals surface area contributed by atoms with Gasteiger partial charge >= 0.3 is 6.09 Å². The molecule has 0 saturated carbocycles. The van der Waals surface area contributed by atoms with E-state index < -0.39 is 5.60 Å². The fourth-order valence-corrected chi connectivity index (χ4v) is 1.64. The lowest BCUT2D eigenvalue weighted by atomic mass is 9.96. The molecule has 1 saturated heterocycles. The fourth-order valence-electron chi connectivity index (χ4n) is 1.64. The van der Waals surface area contributed by atoms with E-state index in [-0.39, 0.29) is 12.1 Å². The van der Waals surface area contributed by atoms with Crippen LogP contribution in [0, 0.1) is 0 Å². The molecular formula is C10H18BNO2. The molecule has 0 unspecified atom stereocenters. The number of likely N-dealkylation sites (tertiary alicyclic amines) is 1. The van der Waals surface area contributed by atoms with Crippen molar-refractivity contribution in [2.75, 3.05) is 6.54 Å². The SMILES string of the molecule is [B]C[C@@H]1CCCN1C(=O)OC(C)(C)C. The molecule has 1 heterocycles. The summed E-state index contributed by atoms with van der Waals surface area (Å²) in [7, 11) is 5.58. The van der Waals surface area contributed by atoms with E-state index in [2.05, 4.69) is 0 Å². The van der Waals surface area contributed by atoms with E-state index in [9.17, 15) is 4.79 Å². The van der Waals surface area contributed by atoms with Crippen molar-refractivity contribution in [3.63, 3.8) is 0 Å². The summed E-state index contributed by atoms with van der Waals surface area (Å²) in [4.78, 5) is 13.4. The molecule has 78 valence electrons. The normalized spacial score (nSPS) is 22.5. The van der Waals surface area contributed by atoms with Gasteiger partial charge in [0.05, 0.1) is 7.85 Å². The first-order chi connectivity index (χ1) is 6.44. The Kier molecular flexibility index (Phi) is 3.45. The Morgan fingerprint density at radius 3 is 2.71 bits per heavy atom. The Labute approximate surface area is 87.2 Å². The zero-order chi connectivity index (χ0) is 10.8. The number of carbonyl (C=O) groups is 1. The summed E-state index contributed by atoms with van der Waals surface area (Å²) < 4.78 is 5.29. The molecule has 1 atom stereocenters. The Balaban J connectivity index is 2.52. The summed E-state index contributed by atoms with van der Waals surface area (Å²) in [6.45, 7) is 6.39. The molecule has 0 aliphatic carbocycles. The minimum atomic E-state index is -0.418. The first-order valence-electron chi connectivity index (χ1n) is 5.14. The number of hydrogen-bond donors (Lipinski definition) is 0. The van der Waals surface area contributed by atoms with Crippen LogP contribution in [0.4, 0.5) is 4.79 Å². The first-order valence-corrected chi connectivity index (χ1v) is 5.14. The van der Waals surface area contributed by atoms with Crippen molar-refractivity contribution in [2.45, 2.75) is 51.6 Å².